The molecule has 2 rings (SSSR count). The van der Waals surface area contributed by atoms with Crippen LogP contribution in [0.15, 0.2) is 6.07 Å². The van der Waals surface area contributed by atoms with Gasteiger partial charge < -0.3 is 9.30 Å². The summed E-state index contributed by atoms with van der Waals surface area (Å²) in [5.74, 6) is 0.324. The van der Waals surface area contributed by atoms with Gasteiger partial charge in [-0.3, -0.25) is 4.79 Å². The van der Waals surface area contributed by atoms with E-state index in [0.717, 1.165) is 50.8 Å². The third kappa shape index (κ3) is 2.60. The second-order valence-electron chi connectivity index (χ2n) is 4.77. The van der Waals surface area contributed by atoms with E-state index in [1.54, 1.807) is 7.11 Å². The molecule has 0 fully saturated rings. The molecule has 0 radical (unpaired) electrons. The lowest BCUT2D eigenvalue weighted by atomic mass is 9.96. The molecule has 0 atom stereocenters. The van der Waals surface area contributed by atoms with E-state index in [1.807, 2.05) is 0 Å². The van der Waals surface area contributed by atoms with E-state index in [1.165, 1.54) is 11.4 Å². The molecular weight excluding hydrogens is 214 g/mol. The first-order valence-electron chi connectivity index (χ1n) is 6.45. The molecule has 1 aromatic heterocycles. The highest BCUT2D eigenvalue weighted by atomic mass is 16.5. The van der Waals surface area contributed by atoms with Crippen LogP contribution >= 0.6 is 0 Å². The Balaban J connectivity index is 2.09. The van der Waals surface area contributed by atoms with Crippen molar-refractivity contribution in [3.8, 4) is 0 Å². The van der Waals surface area contributed by atoms with Crippen molar-refractivity contribution in [2.24, 2.45) is 0 Å². The predicted octanol–water partition coefficient (Wildman–Crippen LogP) is 2.74. The van der Waals surface area contributed by atoms with Crippen LogP contribution in [0.25, 0.3) is 0 Å². The van der Waals surface area contributed by atoms with E-state index in [-0.39, 0.29) is 0 Å². The fourth-order valence-electron chi connectivity index (χ4n) is 2.62. The first-order valence-corrected chi connectivity index (χ1v) is 6.45. The second-order valence-corrected chi connectivity index (χ2v) is 4.77. The summed E-state index contributed by atoms with van der Waals surface area (Å²) >= 11 is 0. The number of methoxy groups -OCH3 is 1. The minimum absolute atomic E-state index is 0.324. The van der Waals surface area contributed by atoms with Gasteiger partial charge in [-0.1, -0.05) is 0 Å². The number of nitrogens with zero attached hydrogens (tertiary/aromatic N) is 1. The van der Waals surface area contributed by atoms with Gasteiger partial charge in [-0.15, -0.1) is 0 Å². The maximum atomic E-state index is 11.8. The van der Waals surface area contributed by atoms with E-state index < -0.39 is 0 Å². The van der Waals surface area contributed by atoms with Crippen molar-refractivity contribution in [3.05, 3.63) is 23.0 Å². The normalized spacial score (nSPS) is 15.1. The van der Waals surface area contributed by atoms with Crippen LogP contribution in [0.3, 0.4) is 0 Å². The maximum Gasteiger partial charge on any atom is 0.164 e. The number of hydrogen-bond donors (Lipinski definition) is 0. The second kappa shape index (κ2) is 5.50. The minimum atomic E-state index is 0.324. The lowest BCUT2D eigenvalue weighted by molar-refractivity contribution is 0.0971. The number of unbranched alkanes of at least 4 members (excludes halogenated alkanes) is 1. The Morgan fingerprint density at radius 3 is 2.94 bits per heavy atom. The van der Waals surface area contributed by atoms with Crippen molar-refractivity contribution in [3.63, 3.8) is 0 Å². The number of carbonyl (C=O) groups is 1. The molecule has 94 valence electrons. The summed E-state index contributed by atoms with van der Waals surface area (Å²) in [6.45, 7) is 3.93. The molecule has 0 spiro atoms. The number of ether oxygens (including phenoxy) is 1. The van der Waals surface area contributed by atoms with Crippen LogP contribution in [-0.4, -0.2) is 24.1 Å². The molecule has 0 saturated heterocycles. The van der Waals surface area contributed by atoms with E-state index in [2.05, 4.69) is 17.6 Å². The minimum Gasteiger partial charge on any atom is -0.385 e. The fraction of sp³-hybridized carbons (Fsp3) is 0.643. The highest BCUT2D eigenvalue weighted by Gasteiger charge is 2.21. The summed E-state index contributed by atoms with van der Waals surface area (Å²) in [5.41, 5.74) is 3.46. The van der Waals surface area contributed by atoms with Crippen LogP contribution in [-0.2, 0) is 17.7 Å². The largest absolute Gasteiger partial charge is 0.385 e. The van der Waals surface area contributed by atoms with E-state index >= 15 is 0 Å². The molecule has 0 amide bonds. The number of hydrogen-bond acceptors (Lipinski definition) is 2. The molecule has 0 N–H and O–H groups in total. The van der Waals surface area contributed by atoms with Gasteiger partial charge in [0.15, 0.2) is 5.78 Å². The van der Waals surface area contributed by atoms with E-state index in [9.17, 15) is 4.79 Å². The van der Waals surface area contributed by atoms with Crippen LogP contribution in [0, 0.1) is 6.92 Å². The van der Waals surface area contributed by atoms with Gasteiger partial charge in [-0.2, -0.15) is 0 Å². The molecule has 3 heteroatoms. The standard InChI is InChI=1S/C14H21NO2/c1-11-10-12-13(6-5-7-14(12)16)15(11)8-3-4-9-17-2/h10H,3-9H2,1-2H3. The molecule has 0 unspecified atom stereocenters. The summed E-state index contributed by atoms with van der Waals surface area (Å²) in [5, 5.41) is 0. The summed E-state index contributed by atoms with van der Waals surface area (Å²) in [6.07, 6.45) is 4.98. The Labute approximate surface area is 103 Å². The molecule has 3 nitrogen and oxygen atoms in total. The molecule has 0 aromatic carbocycles. The SMILES string of the molecule is COCCCCn1c(C)cc2c1CCCC2=O. The van der Waals surface area contributed by atoms with Crippen LogP contribution in [0.2, 0.25) is 0 Å². The number of aromatic nitrogens is 1. The molecule has 17 heavy (non-hydrogen) atoms. The van der Waals surface area contributed by atoms with Crippen molar-refractivity contribution in [2.75, 3.05) is 13.7 Å². The molecule has 1 heterocycles. The van der Waals surface area contributed by atoms with Gasteiger partial charge >= 0.3 is 0 Å². The Morgan fingerprint density at radius 1 is 1.35 bits per heavy atom. The lowest BCUT2D eigenvalue weighted by Crippen LogP contribution is -2.14. The number of Topliss-reactive ketones (excluding diaryl/α,β-unsaturated/α-hetero) is 1. The number of rotatable bonds is 5. The van der Waals surface area contributed by atoms with Gasteiger partial charge in [0, 0.05) is 43.6 Å². The van der Waals surface area contributed by atoms with Gasteiger partial charge in [-0.25, -0.2) is 0 Å². The zero-order valence-corrected chi connectivity index (χ0v) is 10.8. The quantitative estimate of drug-likeness (QED) is 0.735. The van der Waals surface area contributed by atoms with E-state index in [0.29, 0.717) is 5.78 Å². The number of fused-ring (bicyclic) bond motifs is 1. The first-order chi connectivity index (χ1) is 8.24. The Hall–Kier alpha value is -1.09. The van der Waals surface area contributed by atoms with Gasteiger partial charge in [0.1, 0.15) is 0 Å². The van der Waals surface area contributed by atoms with Gasteiger partial charge in [0.2, 0.25) is 0 Å². The highest BCUT2D eigenvalue weighted by molar-refractivity contribution is 5.98. The van der Waals surface area contributed by atoms with Crippen LogP contribution in [0.5, 0.6) is 0 Å². The lowest BCUT2D eigenvalue weighted by Gasteiger charge is -2.15. The zero-order chi connectivity index (χ0) is 12.3. The van der Waals surface area contributed by atoms with Crippen molar-refractivity contribution in [1.29, 1.82) is 0 Å². The van der Waals surface area contributed by atoms with Crippen molar-refractivity contribution in [1.82, 2.24) is 4.57 Å². The summed E-state index contributed by atoms with van der Waals surface area (Å²) in [4.78, 5) is 11.8. The first kappa shape index (κ1) is 12.4. The summed E-state index contributed by atoms with van der Waals surface area (Å²) in [6, 6.07) is 2.06. The van der Waals surface area contributed by atoms with E-state index in [4.69, 9.17) is 4.74 Å². The van der Waals surface area contributed by atoms with Gasteiger partial charge in [0.05, 0.1) is 0 Å². The molecule has 1 aromatic rings. The Morgan fingerprint density at radius 2 is 2.18 bits per heavy atom. The number of aryl methyl sites for hydroxylation is 1. The van der Waals surface area contributed by atoms with Crippen LogP contribution < -0.4 is 0 Å². The summed E-state index contributed by atoms with van der Waals surface area (Å²) < 4.78 is 7.38. The highest BCUT2D eigenvalue weighted by Crippen LogP contribution is 2.25. The van der Waals surface area contributed by atoms with Gasteiger partial charge in [-0.05, 0) is 38.7 Å². The Bertz CT molecular complexity index is 407. The monoisotopic (exact) mass is 235 g/mol. The summed E-state index contributed by atoms with van der Waals surface area (Å²) in [7, 11) is 1.74. The van der Waals surface area contributed by atoms with Crippen molar-refractivity contribution < 1.29 is 9.53 Å². The molecule has 1 aliphatic carbocycles. The zero-order valence-electron chi connectivity index (χ0n) is 10.8. The van der Waals surface area contributed by atoms with Crippen LogP contribution in [0.1, 0.15) is 47.4 Å². The fourth-order valence-corrected chi connectivity index (χ4v) is 2.62. The smallest absolute Gasteiger partial charge is 0.164 e. The number of ketones is 1. The van der Waals surface area contributed by atoms with Crippen LogP contribution in [0.4, 0.5) is 0 Å². The van der Waals surface area contributed by atoms with Gasteiger partial charge in [0.25, 0.3) is 0 Å². The third-order valence-corrected chi connectivity index (χ3v) is 3.51. The molecule has 0 bridgehead atoms. The number of carbonyl (C=O) groups excluding carboxylic acids is 1. The average Bonchev–Trinajstić information content (AvgIpc) is 2.63. The molecule has 0 saturated carbocycles. The maximum absolute atomic E-state index is 11.8. The predicted molar refractivity (Wildman–Crippen MR) is 67.5 cm³/mol. The Kier molecular flexibility index (Phi) is 4.00. The molecule has 0 aliphatic heterocycles. The van der Waals surface area contributed by atoms with Crippen molar-refractivity contribution in [2.45, 2.75) is 45.6 Å². The molecule has 1 aliphatic rings. The average molecular weight is 235 g/mol. The van der Waals surface area contributed by atoms with Crippen molar-refractivity contribution >= 4 is 5.78 Å². The molecular formula is C14H21NO2. The topological polar surface area (TPSA) is 31.2 Å². The third-order valence-electron chi connectivity index (χ3n) is 3.51.